The van der Waals surface area contributed by atoms with E-state index in [9.17, 15) is 8.78 Å². The van der Waals surface area contributed by atoms with Crippen molar-refractivity contribution < 1.29 is 8.78 Å². The standard InChI is InChI=1S/C14H17F2N.ClH/c1-14-6-5-9-10(12(14)7-17-8-14)3-2-4-11(9)13(15)16;/h2-4,12-13,17H,5-8H2,1H3;1H/t12-,14-;/m0./s1. The quantitative estimate of drug-likeness (QED) is 0.823. The highest BCUT2D eigenvalue weighted by molar-refractivity contribution is 5.85. The van der Waals surface area contributed by atoms with Gasteiger partial charge in [-0.2, -0.15) is 0 Å². The molecule has 4 heteroatoms. The third-order valence-electron chi connectivity index (χ3n) is 4.52. The van der Waals surface area contributed by atoms with Crippen LogP contribution in [0.2, 0.25) is 0 Å². The van der Waals surface area contributed by atoms with Crippen molar-refractivity contribution in [3.63, 3.8) is 0 Å². The minimum Gasteiger partial charge on any atom is -0.316 e. The van der Waals surface area contributed by atoms with E-state index >= 15 is 0 Å². The van der Waals surface area contributed by atoms with Crippen LogP contribution in [0.4, 0.5) is 8.78 Å². The summed E-state index contributed by atoms with van der Waals surface area (Å²) in [5.41, 5.74) is 2.57. The van der Waals surface area contributed by atoms with Gasteiger partial charge >= 0.3 is 0 Å². The molecule has 1 fully saturated rings. The van der Waals surface area contributed by atoms with Gasteiger partial charge in [0.05, 0.1) is 0 Å². The molecule has 2 aliphatic rings. The Hall–Kier alpha value is -0.670. The van der Waals surface area contributed by atoms with Crippen molar-refractivity contribution in [2.24, 2.45) is 5.41 Å². The van der Waals surface area contributed by atoms with Gasteiger partial charge in [-0.05, 0) is 29.4 Å². The molecular formula is C14H18ClF2N. The van der Waals surface area contributed by atoms with E-state index in [2.05, 4.69) is 12.2 Å². The Labute approximate surface area is 112 Å². The Morgan fingerprint density at radius 3 is 2.89 bits per heavy atom. The minimum atomic E-state index is -2.34. The van der Waals surface area contributed by atoms with Crippen LogP contribution >= 0.6 is 12.4 Å². The number of rotatable bonds is 1. The molecule has 0 amide bonds. The summed E-state index contributed by atoms with van der Waals surface area (Å²) in [6, 6.07) is 5.40. The fraction of sp³-hybridized carbons (Fsp3) is 0.571. The molecule has 2 atom stereocenters. The lowest BCUT2D eigenvalue weighted by atomic mass is 9.66. The van der Waals surface area contributed by atoms with Crippen LogP contribution in [0.5, 0.6) is 0 Å². The second-order valence-corrected chi connectivity index (χ2v) is 5.55. The van der Waals surface area contributed by atoms with Gasteiger partial charge in [0.1, 0.15) is 0 Å². The van der Waals surface area contributed by atoms with Crippen LogP contribution in [0.15, 0.2) is 18.2 Å². The first-order valence-electron chi connectivity index (χ1n) is 6.22. The number of alkyl halides is 2. The van der Waals surface area contributed by atoms with Crippen LogP contribution in [-0.4, -0.2) is 13.1 Å². The molecule has 1 aromatic rings. The van der Waals surface area contributed by atoms with Crippen LogP contribution in [0.25, 0.3) is 0 Å². The summed E-state index contributed by atoms with van der Waals surface area (Å²) in [5, 5.41) is 3.41. The predicted molar refractivity (Wildman–Crippen MR) is 70.7 cm³/mol. The number of hydrogen-bond acceptors (Lipinski definition) is 1. The fourth-order valence-corrected chi connectivity index (χ4v) is 3.47. The second-order valence-electron chi connectivity index (χ2n) is 5.55. The molecular weight excluding hydrogens is 256 g/mol. The van der Waals surface area contributed by atoms with Gasteiger partial charge in [0.2, 0.25) is 0 Å². The van der Waals surface area contributed by atoms with Gasteiger partial charge in [-0.15, -0.1) is 12.4 Å². The number of fused-ring (bicyclic) bond motifs is 3. The van der Waals surface area contributed by atoms with Crippen LogP contribution in [0.3, 0.4) is 0 Å². The van der Waals surface area contributed by atoms with Crippen molar-refractivity contribution in [1.82, 2.24) is 5.32 Å². The molecule has 0 saturated carbocycles. The average molecular weight is 274 g/mol. The Morgan fingerprint density at radius 1 is 1.39 bits per heavy atom. The van der Waals surface area contributed by atoms with Crippen molar-refractivity contribution in [3.05, 3.63) is 34.9 Å². The van der Waals surface area contributed by atoms with Crippen LogP contribution in [0, 0.1) is 5.41 Å². The molecule has 0 bridgehead atoms. The summed E-state index contributed by atoms with van der Waals surface area (Å²) < 4.78 is 26.0. The zero-order valence-electron chi connectivity index (χ0n) is 10.4. The first kappa shape index (κ1) is 13.8. The molecule has 0 unspecified atom stereocenters. The van der Waals surface area contributed by atoms with Crippen LogP contribution < -0.4 is 5.32 Å². The molecule has 0 aromatic heterocycles. The maximum atomic E-state index is 13.0. The van der Waals surface area contributed by atoms with Crippen molar-refractivity contribution in [2.45, 2.75) is 32.1 Å². The molecule has 1 aromatic carbocycles. The fourth-order valence-electron chi connectivity index (χ4n) is 3.47. The van der Waals surface area contributed by atoms with E-state index in [1.807, 2.05) is 6.07 Å². The Bertz CT molecular complexity index is 449. The van der Waals surface area contributed by atoms with Gasteiger partial charge in [0.15, 0.2) is 0 Å². The maximum Gasteiger partial charge on any atom is 0.264 e. The van der Waals surface area contributed by atoms with E-state index < -0.39 is 6.43 Å². The number of halogens is 3. The third-order valence-corrected chi connectivity index (χ3v) is 4.52. The van der Waals surface area contributed by atoms with Gasteiger partial charge in [0.25, 0.3) is 6.43 Å². The topological polar surface area (TPSA) is 12.0 Å². The zero-order chi connectivity index (χ0) is 12.0. The number of nitrogens with one attached hydrogen (secondary N) is 1. The highest BCUT2D eigenvalue weighted by atomic mass is 35.5. The monoisotopic (exact) mass is 273 g/mol. The summed E-state index contributed by atoms with van der Waals surface area (Å²) in [6.45, 7) is 4.21. The predicted octanol–water partition coefficient (Wildman–Crippen LogP) is 3.69. The zero-order valence-corrected chi connectivity index (χ0v) is 11.2. The molecule has 1 N–H and O–H groups in total. The molecule has 1 saturated heterocycles. The summed E-state index contributed by atoms with van der Waals surface area (Å²) in [7, 11) is 0. The number of hydrogen-bond donors (Lipinski definition) is 1. The molecule has 100 valence electrons. The van der Waals surface area contributed by atoms with Gasteiger partial charge in [0, 0.05) is 24.6 Å². The van der Waals surface area contributed by atoms with Crippen molar-refractivity contribution in [1.29, 1.82) is 0 Å². The maximum absolute atomic E-state index is 13.0. The molecule has 1 heterocycles. The second kappa shape index (κ2) is 4.78. The van der Waals surface area contributed by atoms with Gasteiger partial charge < -0.3 is 5.32 Å². The lowest BCUT2D eigenvalue weighted by Gasteiger charge is -2.37. The molecule has 3 rings (SSSR count). The van der Waals surface area contributed by atoms with E-state index in [1.165, 1.54) is 0 Å². The van der Waals surface area contributed by atoms with Gasteiger partial charge in [-0.1, -0.05) is 25.1 Å². The molecule has 0 spiro atoms. The normalized spacial score (nSPS) is 29.7. The minimum absolute atomic E-state index is 0. The SMILES string of the molecule is C[C@@]12CCc3c(C(F)F)cccc3[C@@H]1CNC2.Cl. The van der Waals surface area contributed by atoms with Crippen molar-refractivity contribution >= 4 is 12.4 Å². The third kappa shape index (κ3) is 1.94. The Morgan fingerprint density at radius 2 is 2.17 bits per heavy atom. The Balaban J connectivity index is 0.00000120. The lowest BCUT2D eigenvalue weighted by Crippen LogP contribution is -2.30. The first-order chi connectivity index (χ1) is 8.12. The largest absolute Gasteiger partial charge is 0.316 e. The van der Waals surface area contributed by atoms with E-state index in [4.69, 9.17) is 0 Å². The van der Waals surface area contributed by atoms with Crippen LogP contribution in [-0.2, 0) is 6.42 Å². The molecule has 1 aliphatic heterocycles. The van der Waals surface area contributed by atoms with Gasteiger partial charge in [-0.25, -0.2) is 8.78 Å². The number of benzene rings is 1. The van der Waals surface area contributed by atoms with Crippen molar-refractivity contribution in [2.75, 3.05) is 13.1 Å². The van der Waals surface area contributed by atoms with Crippen molar-refractivity contribution in [3.8, 4) is 0 Å². The highest BCUT2D eigenvalue weighted by Crippen LogP contribution is 2.48. The summed E-state index contributed by atoms with van der Waals surface area (Å²) in [4.78, 5) is 0. The van der Waals surface area contributed by atoms with E-state index in [-0.39, 0.29) is 23.4 Å². The van der Waals surface area contributed by atoms with E-state index in [0.29, 0.717) is 5.92 Å². The average Bonchev–Trinajstić information content (AvgIpc) is 2.70. The highest BCUT2D eigenvalue weighted by Gasteiger charge is 2.43. The van der Waals surface area contributed by atoms with E-state index in [1.54, 1.807) is 12.1 Å². The Kier molecular flexibility index (Phi) is 3.65. The molecule has 0 radical (unpaired) electrons. The summed E-state index contributed by atoms with van der Waals surface area (Å²) in [6.07, 6.45) is -0.532. The molecule has 18 heavy (non-hydrogen) atoms. The molecule has 1 nitrogen and oxygen atoms in total. The van der Waals surface area contributed by atoms with Crippen LogP contribution in [0.1, 0.15) is 42.4 Å². The van der Waals surface area contributed by atoms with Gasteiger partial charge in [-0.3, -0.25) is 0 Å². The summed E-state index contributed by atoms with van der Waals surface area (Å²) in [5.74, 6) is 0.407. The molecule has 1 aliphatic carbocycles. The van der Waals surface area contributed by atoms with E-state index in [0.717, 1.165) is 37.1 Å². The smallest absolute Gasteiger partial charge is 0.264 e. The summed E-state index contributed by atoms with van der Waals surface area (Å²) >= 11 is 0. The first-order valence-corrected chi connectivity index (χ1v) is 6.22. The lowest BCUT2D eigenvalue weighted by molar-refractivity contribution is 0.148.